The van der Waals surface area contributed by atoms with E-state index in [9.17, 15) is 4.79 Å². The standard InChI is InChI=1S/C27H26N4O3S/c1-27(2,3)19-11-9-18(10-12-19)25-29-30-26(31(25)21-7-5-4-6-8-21)35-16-24(32)28-20-13-14-22-23(15-20)34-17-33-22/h4-15H,16-17H2,1-3H3,(H,28,32). The van der Waals surface area contributed by atoms with E-state index in [2.05, 4.69) is 60.6 Å². The zero-order valence-electron chi connectivity index (χ0n) is 19.8. The van der Waals surface area contributed by atoms with E-state index in [0.717, 1.165) is 17.1 Å². The molecule has 1 amide bonds. The first kappa shape index (κ1) is 23.0. The van der Waals surface area contributed by atoms with Crippen LogP contribution >= 0.6 is 11.8 Å². The first-order chi connectivity index (χ1) is 16.9. The molecule has 0 bridgehead atoms. The number of carbonyl (C=O) groups is 1. The minimum Gasteiger partial charge on any atom is -0.454 e. The lowest BCUT2D eigenvalue weighted by Crippen LogP contribution is -2.14. The summed E-state index contributed by atoms with van der Waals surface area (Å²) in [6.07, 6.45) is 0. The fraction of sp³-hybridized carbons (Fsp3) is 0.222. The Hall–Kier alpha value is -3.78. The van der Waals surface area contributed by atoms with Gasteiger partial charge in [-0.25, -0.2) is 0 Å². The number of thioether (sulfide) groups is 1. The lowest BCUT2D eigenvalue weighted by Gasteiger charge is -2.19. The van der Waals surface area contributed by atoms with Crippen molar-refractivity contribution in [3.8, 4) is 28.6 Å². The zero-order chi connectivity index (χ0) is 24.4. The predicted octanol–water partition coefficient (Wildman–Crippen LogP) is 5.69. The molecule has 0 unspecified atom stereocenters. The number of carbonyl (C=O) groups excluding carboxylic acids is 1. The molecule has 0 atom stereocenters. The number of hydrogen-bond donors (Lipinski definition) is 1. The Kier molecular flexibility index (Phi) is 6.21. The Morgan fingerprint density at radius 3 is 2.46 bits per heavy atom. The normalized spacial score (nSPS) is 12.5. The molecule has 1 N–H and O–H groups in total. The summed E-state index contributed by atoms with van der Waals surface area (Å²) >= 11 is 1.34. The van der Waals surface area contributed by atoms with Crippen LogP contribution in [0.25, 0.3) is 17.1 Å². The van der Waals surface area contributed by atoms with Crippen molar-refractivity contribution in [2.45, 2.75) is 31.3 Å². The van der Waals surface area contributed by atoms with Gasteiger partial charge in [0.15, 0.2) is 22.5 Å². The summed E-state index contributed by atoms with van der Waals surface area (Å²) < 4.78 is 12.7. The third kappa shape index (κ3) is 5.02. The number of nitrogens with one attached hydrogen (secondary N) is 1. The molecule has 0 spiro atoms. The average molecular weight is 487 g/mol. The van der Waals surface area contributed by atoms with Crippen molar-refractivity contribution in [2.75, 3.05) is 17.9 Å². The summed E-state index contributed by atoms with van der Waals surface area (Å²) in [5.41, 5.74) is 3.88. The molecule has 4 aromatic rings. The van der Waals surface area contributed by atoms with Crippen LogP contribution in [0.5, 0.6) is 11.5 Å². The largest absolute Gasteiger partial charge is 0.454 e. The van der Waals surface area contributed by atoms with E-state index in [0.29, 0.717) is 22.3 Å². The molecule has 5 rings (SSSR count). The average Bonchev–Trinajstić information content (AvgIpc) is 3.49. The van der Waals surface area contributed by atoms with Gasteiger partial charge in [0.1, 0.15) is 0 Å². The van der Waals surface area contributed by atoms with E-state index in [1.54, 1.807) is 18.2 Å². The Morgan fingerprint density at radius 1 is 0.971 bits per heavy atom. The van der Waals surface area contributed by atoms with E-state index < -0.39 is 0 Å². The number of fused-ring (bicyclic) bond motifs is 1. The molecule has 0 saturated carbocycles. The molecule has 1 aliphatic rings. The molecule has 1 aliphatic heterocycles. The predicted molar refractivity (Wildman–Crippen MR) is 137 cm³/mol. The van der Waals surface area contributed by atoms with Gasteiger partial charge in [-0.1, -0.05) is 75.0 Å². The summed E-state index contributed by atoms with van der Waals surface area (Å²) in [5.74, 6) is 2.07. The zero-order valence-corrected chi connectivity index (χ0v) is 20.6. The Balaban J connectivity index is 1.37. The van der Waals surface area contributed by atoms with Gasteiger partial charge < -0.3 is 14.8 Å². The fourth-order valence-electron chi connectivity index (χ4n) is 3.78. The maximum absolute atomic E-state index is 12.7. The van der Waals surface area contributed by atoms with Gasteiger partial charge in [-0.05, 0) is 35.2 Å². The number of para-hydroxylation sites is 1. The quantitative estimate of drug-likeness (QED) is 0.353. The van der Waals surface area contributed by atoms with E-state index in [1.165, 1.54) is 17.3 Å². The topological polar surface area (TPSA) is 78.3 Å². The molecule has 0 radical (unpaired) electrons. The van der Waals surface area contributed by atoms with Crippen molar-refractivity contribution in [1.29, 1.82) is 0 Å². The molecule has 0 fully saturated rings. The number of nitrogens with zero attached hydrogens (tertiary/aromatic N) is 3. The number of amides is 1. The molecule has 2 heterocycles. The van der Waals surface area contributed by atoms with Crippen LogP contribution in [0.15, 0.2) is 78.0 Å². The van der Waals surface area contributed by atoms with Gasteiger partial charge in [0.25, 0.3) is 0 Å². The smallest absolute Gasteiger partial charge is 0.234 e. The Bertz CT molecular complexity index is 1350. The summed E-state index contributed by atoms with van der Waals surface area (Å²) in [4.78, 5) is 12.7. The molecule has 1 aromatic heterocycles. The number of rotatable bonds is 6. The lowest BCUT2D eigenvalue weighted by molar-refractivity contribution is -0.113. The third-order valence-corrected chi connectivity index (χ3v) is 6.57. The molecule has 8 heteroatoms. The monoisotopic (exact) mass is 486 g/mol. The SMILES string of the molecule is CC(C)(C)c1ccc(-c2nnc(SCC(=O)Nc3ccc4c(c3)OCO4)n2-c2ccccc2)cc1. The molecular formula is C27H26N4O3S. The first-order valence-electron chi connectivity index (χ1n) is 11.3. The van der Waals surface area contributed by atoms with Crippen LogP contribution in [0, 0.1) is 0 Å². The van der Waals surface area contributed by atoms with Crippen molar-refractivity contribution in [3.63, 3.8) is 0 Å². The minimum atomic E-state index is -0.146. The number of benzene rings is 3. The van der Waals surface area contributed by atoms with Crippen LogP contribution in [0.1, 0.15) is 26.3 Å². The maximum Gasteiger partial charge on any atom is 0.234 e. The summed E-state index contributed by atoms with van der Waals surface area (Å²) in [6.45, 7) is 6.77. The van der Waals surface area contributed by atoms with Gasteiger partial charge in [0, 0.05) is 23.0 Å². The van der Waals surface area contributed by atoms with Gasteiger partial charge in [0.2, 0.25) is 12.7 Å². The van der Waals surface area contributed by atoms with Crippen molar-refractivity contribution in [2.24, 2.45) is 0 Å². The van der Waals surface area contributed by atoms with Gasteiger partial charge in [-0.3, -0.25) is 9.36 Å². The third-order valence-electron chi connectivity index (χ3n) is 5.65. The van der Waals surface area contributed by atoms with Gasteiger partial charge in [-0.2, -0.15) is 0 Å². The van der Waals surface area contributed by atoms with E-state index >= 15 is 0 Å². The second-order valence-corrected chi connectivity index (χ2v) is 10.2. The van der Waals surface area contributed by atoms with Crippen molar-refractivity contribution < 1.29 is 14.3 Å². The second-order valence-electron chi connectivity index (χ2n) is 9.21. The van der Waals surface area contributed by atoms with Crippen LogP contribution in [0.4, 0.5) is 5.69 Å². The van der Waals surface area contributed by atoms with E-state index in [1.807, 2.05) is 34.9 Å². The van der Waals surface area contributed by atoms with Crippen LogP contribution in [0.2, 0.25) is 0 Å². The summed E-state index contributed by atoms with van der Waals surface area (Å²) in [5, 5.41) is 12.5. The molecule has 178 valence electrons. The van der Waals surface area contributed by atoms with Crippen LogP contribution in [0.3, 0.4) is 0 Å². The maximum atomic E-state index is 12.7. The second kappa shape index (κ2) is 9.46. The first-order valence-corrected chi connectivity index (χ1v) is 12.3. The van der Waals surface area contributed by atoms with E-state index in [4.69, 9.17) is 9.47 Å². The highest BCUT2D eigenvalue weighted by Gasteiger charge is 2.19. The molecule has 0 saturated heterocycles. The van der Waals surface area contributed by atoms with Crippen LogP contribution in [-0.2, 0) is 10.2 Å². The van der Waals surface area contributed by atoms with Gasteiger partial charge >= 0.3 is 0 Å². The summed E-state index contributed by atoms with van der Waals surface area (Å²) in [7, 11) is 0. The summed E-state index contributed by atoms with van der Waals surface area (Å²) in [6, 6.07) is 23.7. The van der Waals surface area contributed by atoms with Gasteiger partial charge in [0.05, 0.1) is 5.75 Å². The Labute approximate surface area is 208 Å². The molecule has 3 aromatic carbocycles. The fourth-order valence-corrected chi connectivity index (χ4v) is 4.53. The number of hydrogen-bond acceptors (Lipinski definition) is 6. The van der Waals surface area contributed by atoms with Crippen molar-refractivity contribution >= 4 is 23.4 Å². The minimum absolute atomic E-state index is 0.0674. The lowest BCUT2D eigenvalue weighted by atomic mass is 9.87. The molecule has 7 nitrogen and oxygen atoms in total. The number of anilines is 1. The van der Waals surface area contributed by atoms with E-state index in [-0.39, 0.29) is 23.9 Å². The number of aromatic nitrogens is 3. The molecule has 35 heavy (non-hydrogen) atoms. The molecule has 0 aliphatic carbocycles. The van der Waals surface area contributed by atoms with Crippen LogP contribution < -0.4 is 14.8 Å². The van der Waals surface area contributed by atoms with Crippen LogP contribution in [-0.4, -0.2) is 33.2 Å². The highest BCUT2D eigenvalue weighted by atomic mass is 32.2. The molecular weight excluding hydrogens is 460 g/mol. The van der Waals surface area contributed by atoms with Gasteiger partial charge in [-0.15, -0.1) is 10.2 Å². The number of ether oxygens (including phenoxy) is 2. The Morgan fingerprint density at radius 2 is 1.71 bits per heavy atom. The van der Waals surface area contributed by atoms with Crippen molar-refractivity contribution in [3.05, 3.63) is 78.4 Å². The highest BCUT2D eigenvalue weighted by molar-refractivity contribution is 7.99. The van der Waals surface area contributed by atoms with Crippen molar-refractivity contribution in [1.82, 2.24) is 14.8 Å². The highest BCUT2D eigenvalue weighted by Crippen LogP contribution is 2.34.